The molecule has 1 heterocycles. The van der Waals surface area contributed by atoms with Crippen LogP contribution in [0, 0.1) is 18.6 Å². The van der Waals surface area contributed by atoms with Crippen LogP contribution in [0.1, 0.15) is 15.4 Å². The summed E-state index contributed by atoms with van der Waals surface area (Å²) in [5.74, 6) is -2.08. The summed E-state index contributed by atoms with van der Waals surface area (Å²) >= 11 is 0.487. The molecule has 1 amide bonds. The summed E-state index contributed by atoms with van der Waals surface area (Å²) in [5.41, 5.74) is 0.806. The molecule has 0 aliphatic rings. The molecule has 0 atom stereocenters. The summed E-state index contributed by atoms with van der Waals surface area (Å²) in [5, 5.41) is 4.79. The number of hydrogen-bond donors (Lipinski definition) is 1. The van der Waals surface area contributed by atoms with Crippen molar-refractivity contribution in [2.75, 3.05) is 11.9 Å². The van der Waals surface area contributed by atoms with Crippen LogP contribution in [0.15, 0.2) is 46.7 Å². The fourth-order valence-corrected chi connectivity index (χ4v) is 4.49. The number of thiazole rings is 1. The monoisotopic (exact) mass is 440 g/mol. The standard InChI is InChI=1S/C19H17F2N3O3S2/c1-11-18(29(22,26)27)28-19(23-11)24(2)17(25)9-12-3-5-13(6-4-12)15-10-14(20)7-8-16(15)21/h3-8,10H,9H2,1-2H3,(H2,22,26,27)/i2D3. The van der Waals surface area contributed by atoms with Gasteiger partial charge >= 0.3 is 0 Å². The Morgan fingerprint density at radius 1 is 1.24 bits per heavy atom. The highest BCUT2D eigenvalue weighted by Gasteiger charge is 2.22. The third-order valence-electron chi connectivity index (χ3n) is 3.99. The highest BCUT2D eigenvalue weighted by Crippen LogP contribution is 2.29. The molecule has 2 aromatic carbocycles. The highest BCUT2D eigenvalue weighted by molar-refractivity contribution is 7.91. The molecule has 1 aromatic heterocycles. The van der Waals surface area contributed by atoms with Crippen molar-refractivity contribution in [3.05, 3.63) is 65.4 Å². The number of carbonyl (C=O) groups excluding carboxylic acids is 1. The number of anilines is 1. The van der Waals surface area contributed by atoms with Crippen LogP contribution in [0.5, 0.6) is 0 Å². The van der Waals surface area contributed by atoms with Gasteiger partial charge in [0, 0.05) is 16.7 Å². The minimum absolute atomic E-state index is 0.0176. The van der Waals surface area contributed by atoms with Gasteiger partial charge < -0.3 is 0 Å². The van der Waals surface area contributed by atoms with E-state index in [0.717, 1.165) is 18.2 Å². The summed E-state index contributed by atoms with van der Waals surface area (Å²) < 4.78 is 73.4. The van der Waals surface area contributed by atoms with Gasteiger partial charge in [0.2, 0.25) is 15.9 Å². The zero-order valence-electron chi connectivity index (χ0n) is 18.0. The highest BCUT2D eigenvalue weighted by atomic mass is 32.2. The third kappa shape index (κ3) is 4.66. The lowest BCUT2D eigenvalue weighted by Crippen LogP contribution is -2.27. The Bertz CT molecular complexity index is 1280. The second kappa shape index (κ2) is 7.97. The van der Waals surface area contributed by atoms with Crippen LogP contribution in [0.3, 0.4) is 0 Å². The van der Waals surface area contributed by atoms with Gasteiger partial charge in [-0.15, -0.1) is 0 Å². The molecule has 3 aromatic rings. The van der Waals surface area contributed by atoms with Gasteiger partial charge in [0.1, 0.15) is 11.6 Å². The van der Waals surface area contributed by atoms with Crippen molar-refractivity contribution in [3.8, 4) is 11.1 Å². The van der Waals surface area contributed by atoms with Crippen LogP contribution in [0.25, 0.3) is 11.1 Å². The number of hydrogen-bond acceptors (Lipinski definition) is 5. The first kappa shape index (κ1) is 17.2. The summed E-state index contributed by atoms with van der Waals surface area (Å²) in [6.07, 6.45) is -0.354. The molecule has 10 heteroatoms. The molecule has 0 bridgehead atoms. The van der Waals surface area contributed by atoms with Gasteiger partial charge in [0.15, 0.2) is 9.34 Å². The number of carbonyl (C=O) groups is 1. The number of aryl methyl sites for hydroxylation is 1. The van der Waals surface area contributed by atoms with E-state index in [-0.39, 0.29) is 27.0 Å². The minimum atomic E-state index is -4.14. The number of halogens is 2. The number of nitrogens with two attached hydrogens (primary N) is 1. The lowest BCUT2D eigenvalue weighted by atomic mass is 10.0. The normalized spacial score (nSPS) is 13.4. The van der Waals surface area contributed by atoms with E-state index < -0.39 is 34.5 Å². The van der Waals surface area contributed by atoms with Crippen molar-refractivity contribution in [1.29, 1.82) is 0 Å². The minimum Gasteiger partial charge on any atom is -0.291 e. The maximum atomic E-state index is 14.0. The Balaban J connectivity index is 1.89. The summed E-state index contributed by atoms with van der Waals surface area (Å²) in [6.45, 7) is -1.59. The summed E-state index contributed by atoms with van der Waals surface area (Å²) in [6, 6.07) is 8.97. The predicted molar refractivity (Wildman–Crippen MR) is 107 cm³/mol. The maximum absolute atomic E-state index is 14.0. The molecule has 0 spiro atoms. The SMILES string of the molecule is [2H]C([2H])([2H])N(C(=O)Cc1ccc(-c2cc(F)ccc2F)cc1)c1nc(C)c(S(N)(=O)=O)s1. The van der Waals surface area contributed by atoms with Crippen LogP contribution in [-0.2, 0) is 21.2 Å². The van der Waals surface area contributed by atoms with Crippen LogP contribution in [0.4, 0.5) is 13.9 Å². The Labute approximate surface area is 174 Å². The number of aromatic nitrogens is 1. The number of rotatable bonds is 5. The Kier molecular flexibility index (Phi) is 4.73. The van der Waals surface area contributed by atoms with Crippen LogP contribution in [0.2, 0.25) is 0 Å². The fraction of sp³-hybridized carbons (Fsp3) is 0.158. The molecule has 0 saturated heterocycles. The number of likely N-dealkylation sites (N-methyl/N-ethyl adjacent to an activating group) is 1. The average Bonchev–Trinajstić information content (AvgIpc) is 3.04. The van der Waals surface area contributed by atoms with E-state index in [4.69, 9.17) is 9.25 Å². The van der Waals surface area contributed by atoms with Crippen molar-refractivity contribution >= 4 is 32.4 Å². The number of sulfonamides is 1. The smallest absolute Gasteiger partial charge is 0.249 e. The van der Waals surface area contributed by atoms with Gasteiger partial charge in [0.25, 0.3) is 0 Å². The number of primary sulfonamides is 1. The quantitative estimate of drug-likeness (QED) is 0.659. The van der Waals surface area contributed by atoms with Gasteiger partial charge in [-0.3, -0.25) is 9.69 Å². The molecule has 2 N–H and O–H groups in total. The molecule has 0 saturated carbocycles. The first-order chi connectivity index (χ1) is 14.8. The van der Waals surface area contributed by atoms with Crippen LogP contribution >= 0.6 is 11.3 Å². The van der Waals surface area contributed by atoms with E-state index in [1.165, 1.54) is 31.2 Å². The van der Waals surface area contributed by atoms with Crippen molar-refractivity contribution in [2.24, 2.45) is 5.14 Å². The molecule has 0 fully saturated rings. The Morgan fingerprint density at radius 3 is 2.52 bits per heavy atom. The van der Waals surface area contributed by atoms with Crippen molar-refractivity contribution in [3.63, 3.8) is 0 Å². The van der Waals surface area contributed by atoms with E-state index in [2.05, 4.69) is 4.98 Å². The summed E-state index contributed by atoms with van der Waals surface area (Å²) in [4.78, 5) is 17.2. The van der Waals surface area contributed by atoms with E-state index >= 15 is 0 Å². The molecular formula is C19H17F2N3O3S2. The molecule has 0 aliphatic heterocycles. The molecule has 29 heavy (non-hydrogen) atoms. The number of amides is 1. The topological polar surface area (TPSA) is 93.4 Å². The second-order valence-corrected chi connectivity index (χ2v) is 8.88. The maximum Gasteiger partial charge on any atom is 0.249 e. The van der Waals surface area contributed by atoms with Gasteiger partial charge in [-0.05, 0) is 36.2 Å². The zero-order chi connectivity index (χ0) is 23.8. The van der Waals surface area contributed by atoms with Crippen LogP contribution in [-0.4, -0.2) is 26.3 Å². The van der Waals surface area contributed by atoms with Gasteiger partial charge in [0.05, 0.1) is 12.1 Å². The first-order valence-corrected chi connectivity index (χ1v) is 10.5. The zero-order valence-corrected chi connectivity index (χ0v) is 16.7. The molecule has 3 rings (SSSR count). The molecule has 0 radical (unpaired) electrons. The molecule has 152 valence electrons. The number of benzene rings is 2. The Morgan fingerprint density at radius 2 is 1.93 bits per heavy atom. The van der Waals surface area contributed by atoms with Gasteiger partial charge in [-0.25, -0.2) is 27.3 Å². The predicted octanol–water partition coefficient (Wildman–Crippen LogP) is 3.25. The number of nitrogens with zero attached hydrogens (tertiary/aromatic N) is 2. The molecule has 0 unspecified atom stereocenters. The van der Waals surface area contributed by atoms with E-state index in [0.29, 0.717) is 27.4 Å². The fourth-order valence-electron chi connectivity index (χ4n) is 2.61. The van der Waals surface area contributed by atoms with Crippen molar-refractivity contribution in [1.82, 2.24) is 4.98 Å². The van der Waals surface area contributed by atoms with Gasteiger partial charge in [-0.1, -0.05) is 35.6 Å². The lowest BCUT2D eigenvalue weighted by Gasteiger charge is -2.14. The van der Waals surface area contributed by atoms with E-state index in [9.17, 15) is 22.0 Å². The van der Waals surface area contributed by atoms with Crippen molar-refractivity contribution in [2.45, 2.75) is 17.6 Å². The molecular weight excluding hydrogens is 420 g/mol. The van der Waals surface area contributed by atoms with E-state index in [1.807, 2.05) is 0 Å². The first-order valence-electron chi connectivity index (χ1n) is 9.65. The largest absolute Gasteiger partial charge is 0.291 e. The van der Waals surface area contributed by atoms with Gasteiger partial charge in [-0.2, -0.15) is 0 Å². The van der Waals surface area contributed by atoms with Crippen molar-refractivity contribution < 1.29 is 26.1 Å². The second-order valence-electron chi connectivity index (χ2n) is 6.14. The summed E-state index contributed by atoms with van der Waals surface area (Å²) in [7, 11) is -4.14. The molecule has 0 aliphatic carbocycles. The molecule has 6 nitrogen and oxygen atoms in total. The van der Waals surface area contributed by atoms with E-state index in [1.54, 1.807) is 0 Å². The average molecular weight is 441 g/mol. The Hall–Kier alpha value is -2.69. The van der Waals surface area contributed by atoms with Crippen LogP contribution < -0.4 is 10.0 Å². The lowest BCUT2D eigenvalue weighted by molar-refractivity contribution is -0.117. The third-order valence-corrected chi connectivity index (χ3v) is 6.69.